The van der Waals surface area contributed by atoms with Crippen molar-refractivity contribution in [3.63, 3.8) is 0 Å². The molecule has 1 aliphatic rings. The second-order valence-corrected chi connectivity index (χ2v) is 7.02. The second-order valence-electron chi connectivity index (χ2n) is 5.90. The summed E-state index contributed by atoms with van der Waals surface area (Å²) in [5.74, 6) is -0.910. The number of aliphatic carboxylic acids is 1. The van der Waals surface area contributed by atoms with Crippen molar-refractivity contribution in [1.29, 1.82) is 0 Å². The molecule has 1 N–H and O–H groups in total. The molecule has 2 aromatic rings. The number of hydrogen-bond donors (Lipinski definition) is 1. The Morgan fingerprint density at radius 2 is 2.19 bits per heavy atom. The molecule has 1 saturated heterocycles. The van der Waals surface area contributed by atoms with Crippen molar-refractivity contribution in [3.05, 3.63) is 35.2 Å². The molecule has 1 aromatic heterocycles. The van der Waals surface area contributed by atoms with E-state index in [0.717, 1.165) is 13.1 Å². The molecule has 3 rings (SSSR count). The Kier molecular flexibility index (Phi) is 3.73. The van der Waals surface area contributed by atoms with Crippen LogP contribution in [0.3, 0.4) is 0 Å². The average molecular weight is 305 g/mol. The summed E-state index contributed by atoms with van der Waals surface area (Å²) in [7, 11) is 0. The number of nitrogens with zero attached hydrogens (tertiary/aromatic N) is 1. The Morgan fingerprint density at radius 3 is 2.86 bits per heavy atom. The Balaban J connectivity index is 1.65. The SMILES string of the molecule is CC(c1cc2ccccc2s1)N1CC(C)(OCC(=O)O)C1. The number of thiophene rings is 1. The maximum Gasteiger partial charge on any atom is 0.329 e. The summed E-state index contributed by atoms with van der Waals surface area (Å²) in [6.45, 7) is 5.50. The highest BCUT2D eigenvalue weighted by atomic mass is 32.1. The van der Waals surface area contributed by atoms with Crippen LogP contribution in [0.2, 0.25) is 0 Å². The standard InChI is InChI=1S/C16H19NO3S/c1-11(14-7-12-5-3-4-6-13(12)21-14)17-9-16(2,10-17)20-8-15(18)19/h3-7,11H,8-10H2,1-2H3,(H,18,19). The van der Waals surface area contributed by atoms with Gasteiger partial charge in [0.2, 0.25) is 0 Å². The van der Waals surface area contributed by atoms with Gasteiger partial charge in [0, 0.05) is 28.7 Å². The maximum absolute atomic E-state index is 10.6. The maximum atomic E-state index is 10.6. The van der Waals surface area contributed by atoms with Gasteiger partial charge in [-0.1, -0.05) is 18.2 Å². The van der Waals surface area contributed by atoms with E-state index in [1.165, 1.54) is 15.0 Å². The lowest BCUT2D eigenvalue weighted by Gasteiger charge is -2.49. The van der Waals surface area contributed by atoms with E-state index in [2.05, 4.69) is 42.2 Å². The minimum absolute atomic E-state index is 0.221. The average Bonchev–Trinajstić information content (AvgIpc) is 2.85. The molecule has 0 bridgehead atoms. The van der Waals surface area contributed by atoms with E-state index in [9.17, 15) is 4.79 Å². The van der Waals surface area contributed by atoms with Gasteiger partial charge in [-0.05, 0) is 31.4 Å². The molecule has 2 heterocycles. The topological polar surface area (TPSA) is 49.8 Å². The lowest BCUT2D eigenvalue weighted by atomic mass is 9.94. The van der Waals surface area contributed by atoms with Crippen LogP contribution in [-0.2, 0) is 9.53 Å². The van der Waals surface area contributed by atoms with Crippen LogP contribution in [0.1, 0.15) is 24.8 Å². The molecule has 112 valence electrons. The monoisotopic (exact) mass is 305 g/mol. The molecule has 1 unspecified atom stereocenters. The van der Waals surface area contributed by atoms with Gasteiger partial charge in [-0.3, -0.25) is 4.90 Å². The number of carbonyl (C=O) groups is 1. The molecule has 1 aromatic carbocycles. The predicted molar refractivity (Wildman–Crippen MR) is 83.8 cm³/mol. The summed E-state index contributed by atoms with van der Waals surface area (Å²) < 4.78 is 6.77. The third kappa shape index (κ3) is 2.95. The molecule has 5 heteroatoms. The third-order valence-corrected chi connectivity index (χ3v) is 5.31. The number of ether oxygens (including phenoxy) is 1. The lowest BCUT2D eigenvalue weighted by Crippen LogP contribution is -2.62. The zero-order valence-corrected chi connectivity index (χ0v) is 13.0. The first kappa shape index (κ1) is 14.5. The van der Waals surface area contributed by atoms with E-state index < -0.39 is 5.97 Å². The van der Waals surface area contributed by atoms with Crippen LogP contribution in [0.5, 0.6) is 0 Å². The van der Waals surface area contributed by atoms with Crippen molar-refractivity contribution in [1.82, 2.24) is 4.90 Å². The van der Waals surface area contributed by atoms with Gasteiger partial charge in [0.05, 0.1) is 5.60 Å². The molecule has 0 amide bonds. The van der Waals surface area contributed by atoms with Gasteiger partial charge >= 0.3 is 5.97 Å². The summed E-state index contributed by atoms with van der Waals surface area (Å²) in [6, 6.07) is 11.0. The first-order valence-electron chi connectivity index (χ1n) is 7.05. The van der Waals surface area contributed by atoms with Crippen LogP contribution in [0.25, 0.3) is 10.1 Å². The van der Waals surface area contributed by atoms with Crippen molar-refractivity contribution in [2.75, 3.05) is 19.7 Å². The summed E-state index contributed by atoms with van der Waals surface area (Å²) in [4.78, 5) is 14.3. The fourth-order valence-corrected chi connectivity index (χ4v) is 3.95. The zero-order valence-electron chi connectivity index (χ0n) is 12.2. The molecule has 1 aliphatic heterocycles. The van der Waals surface area contributed by atoms with Gasteiger partial charge in [0.1, 0.15) is 6.61 Å². The molecule has 1 fully saturated rings. The second kappa shape index (κ2) is 5.40. The third-order valence-electron chi connectivity index (χ3n) is 4.02. The van der Waals surface area contributed by atoms with E-state index in [0.29, 0.717) is 6.04 Å². The molecule has 0 spiro atoms. The fraction of sp³-hybridized carbons (Fsp3) is 0.438. The molecular formula is C16H19NO3S. The van der Waals surface area contributed by atoms with Gasteiger partial charge in [0.15, 0.2) is 0 Å². The fourth-order valence-electron chi connectivity index (χ4n) is 2.80. The van der Waals surface area contributed by atoms with Crippen LogP contribution in [0.15, 0.2) is 30.3 Å². The quantitative estimate of drug-likeness (QED) is 0.922. The van der Waals surface area contributed by atoms with Gasteiger partial charge < -0.3 is 9.84 Å². The van der Waals surface area contributed by atoms with E-state index in [1.54, 1.807) is 0 Å². The number of carboxylic acids is 1. The first-order chi connectivity index (χ1) is 9.97. The largest absolute Gasteiger partial charge is 0.480 e. The van der Waals surface area contributed by atoms with Crippen LogP contribution >= 0.6 is 11.3 Å². The van der Waals surface area contributed by atoms with Crippen molar-refractivity contribution >= 4 is 27.4 Å². The first-order valence-corrected chi connectivity index (χ1v) is 7.87. The highest BCUT2D eigenvalue weighted by molar-refractivity contribution is 7.19. The highest BCUT2D eigenvalue weighted by Crippen LogP contribution is 2.37. The van der Waals surface area contributed by atoms with E-state index in [4.69, 9.17) is 9.84 Å². The lowest BCUT2D eigenvalue weighted by molar-refractivity contribution is -0.169. The number of carboxylic acid groups (broad SMARTS) is 1. The number of benzene rings is 1. The van der Waals surface area contributed by atoms with Crippen molar-refractivity contribution < 1.29 is 14.6 Å². The molecule has 0 radical (unpaired) electrons. The van der Waals surface area contributed by atoms with Gasteiger partial charge in [0.25, 0.3) is 0 Å². The number of rotatable bonds is 5. The summed E-state index contributed by atoms with van der Waals surface area (Å²) >= 11 is 1.82. The van der Waals surface area contributed by atoms with E-state index in [-0.39, 0.29) is 12.2 Å². The van der Waals surface area contributed by atoms with Gasteiger partial charge in [-0.15, -0.1) is 11.3 Å². The number of fused-ring (bicyclic) bond motifs is 1. The summed E-state index contributed by atoms with van der Waals surface area (Å²) in [6.07, 6.45) is 0. The van der Waals surface area contributed by atoms with Crippen LogP contribution in [-0.4, -0.2) is 41.3 Å². The predicted octanol–water partition coefficient (Wildman–Crippen LogP) is 3.14. The Labute approximate surface area is 127 Å². The minimum Gasteiger partial charge on any atom is -0.480 e. The smallest absolute Gasteiger partial charge is 0.329 e. The van der Waals surface area contributed by atoms with Gasteiger partial charge in [-0.2, -0.15) is 0 Å². The van der Waals surface area contributed by atoms with Gasteiger partial charge in [-0.25, -0.2) is 4.79 Å². The molecule has 4 nitrogen and oxygen atoms in total. The molecule has 21 heavy (non-hydrogen) atoms. The Bertz CT molecular complexity index is 627. The van der Waals surface area contributed by atoms with Crippen LogP contribution < -0.4 is 0 Å². The van der Waals surface area contributed by atoms with Crippen LogP contribution in [0.4, 0.5) is 0 Å². The molecular weight excluding hydrogens is 286 g/mol. The zero-order chi connectivity index (χ0) is 15.0. The normalized spacial score (nSPS) is 19.3. The van der Waals surface area contributed by atoms with E-state index in [1.807, 2.05) is 18.3 Å². The van der Waals surface area contributed by atoms with Crippen LogP contribution in [0, 0.1) is 0 Å². The van der Waals surface area contributed by atoms with Crippen molar-refractivity contribution in [2.24, 2.45) is 0 Å². The Morgan fingerprint density at radius 1 is 1.48 bits per heavy atom. The van der Waals surface area contributed by atoms with Crippen molar-refractivity contribution in [3.8, 4) is 0 Å². The number of hydrogen-bond acceptors (Lipinski definition) is 4. The van der Waals surface area contributed by atoms with E-state index >= 15 is 0 Å². The Hall–Kier alpha value is -1.43. The molecule has 1 atom stereocenters. The van der Waals surface area contributed by atoms with Crippen molar-refractivity contribution in [2.45, 2.75) is 25.5 Å². The highest BCUT2D eigenvalue weighted by Gasteiger charge is 2.42. The number of likely N-dealkylation sites (tertiary alicyclic amines) is 1. The minimum atomic E-state index is -0.910. The summed E-state index contributed by atoms with van der Waals surface area (Å²) in [5.41, 5.74) is -0.330. The summed E-state index contributed by atoms with van der Waals surface area (Å²) in [5, 5.41) is 9.98. The molecule has 0 aliphatic carbocycles. The molecule has 0 saturated carbocycles.